The van der Waals surface area contributed by atoms with Crippen LogP contribution in [0.1, 0.15) is 16.8 Å². The summed E-state index contributed by atoms with van der Waals surface area (Å²) in [5, 5.41) is 7.82. The first-order valence-corrected chi connectivity index (χ1v) is 5.41. The summed E-state index contributed by atoms with van der Waals surface area (Å²) in [7, 11) is 1.83. The second-order valence-corrected chi connectivity index (χ2v) is 4.10. The fourth-order valence-electron chi connectivity index (χ4n) is 1.67. The van der Waals surface area contributed by atoms with E-state index in [2.05, 4.69) is 10.3 Å². The standard InChI is InChI=1S/C12H16N4O/c1-8-4-5-11(13)9(2)12(8)17-7-10-6-16(3)15-14-10/h4-6H,7,13H2,1-3H3. The fraction of sp³-hybridized carbons (Fsp3) is 0.333. The van der Waals surface area contributed by atoms with E-state index in [1.807, 2.05) is 39.2 Å². The molecule has 0 spiro atoms. The number of hydrogen-bond donors (Lipinski definition) is 1. The third kappa shape index (κ3) is 2.38. The molecular formula is C12H16N4O. The Morgan fingerprint density at radius 1 is 1.35 bits per heavy atom. The van der Waals surface area contributed by atoms with Crippen LogP contribution in [0.15, 0.2) is 18.3 Å². The molecule has 2 aromatic rings. The number of nitrogen functional groups attached to an aromatic ring is 1. The van der Waals surface area contributed by atoms with Gasteiger partial charge in [0.05, 0.1) is 6.20 Å². The highest BCUT2D eigenvalue weighted by Gasteiger charge is 2.08. The van der Waals surface area contributed by atoms with E-state index in [9.17, 15) is 0 Å². The minimum absolute atomic E-state index is 0.402. The van der Waals surface area contributed by atoms with E-state index >= 15 is 0 Å². The molecule has 0 saturated carbocycles. The smallest absolute Gasteiger partial charge is 0.134 e. The number of nitrogens with two attached hydrogens (primary N) is 1. The molecule has 0 atom stereocenters. The van der Waals surface area contributed by atoms with Crippen molar-refractivity contribution in [2.24, 2.45) is 7.05 Å². The number of nitrogens with zero attached hydrogens (tertiary/aromatic N) is 3. The molecule has 17 heavy (non-hydrogen) atoms. The monoisotopic (exact) mass is 232 g/mol. The fourth-order valence-corrected chi connectivity index (χ4v) is 1.67. The molecule has 90 valence electrons. The van der Waals surface area contributed by atoms with Crippen LogP contribution in [0.2, 0.25) is 0 Å². The summed E-state index contributed by atoms with van der Waals surface area (Å²) in [5.74, 6) is 0.829. The van der Waals surface area contributed by atoms with Gasteiger partial charge in [0, 0.05) is 18.3 Å². The zero-order valence-corrected chi connectivity index (χ0v) is 10.3. The van der Waals surface area contributed by atoms with Gasteiger partial charge >= 0.3 is 0 Å². The normalized spacial score (nSPS) is 10.5. The molecule has 5 nitrogen and oxygen atoms in total. The van der Waals surface area contributed by atoms with E-state index in [1.54, 1.807) is 4.68 Å². The van der Waals surface area contributed by atoms with Crippen LogP contribution in [0.4, 0.5) is 5.69 Å². The van der Waals surface area contributed by atoms with Gasteiger partial charge < -0.3 is 10.5 Å². The molecule has 0 aliphatic rings. The molecule has 0 fully saturated rings. The van der Waals surface area contributed by atoms with Gasteiger partial charge in [0.25, 0.3) is 0 Å². The average molecular weight is 232 g/mol. The molecule has 0 bridgehead atoms. The maximum atomic E-state index is 5.85. The van der Waals surface area contributed by atoms with E-state index < -0.39 is 0 Å². The second kappa shape index (κ2) is 4.45. The summed E-state index contributed by atoms with van der Waals surface area (Å²) in [4.78, 5) is 0. The molecule has 0 amide bonds. The van der Waals surface area contributed by atoms with Crippen molar-refractivity contribution in [3.05, 3.63) is 35.2 Å². The first-order chi connectivity index (χ1) is 8.08. The van der Waals surface area contributed by atoms with Crippen LogP contribution in [0.5, 0.6) is 5.75 Å². The molecule has 0 radical (unpaired) electrons. The zero-order chi connectivity index (χ0) is 12.4. The third-order valence-corrected chi connectivity index (χ3v) is 2.66. The Balaban J connectivity index is 2.16. The Bertz CT molecular complexity index is 533. The van der Waals surface area contributed by atoms with Crippen LogP contribution in [-0.2, 0) is 13.7 Å². The van der Waals surface area contributed by atoms with Gasteiger partial charge in [-0.1, -0.05) is 11.3 Å². The third-order valence-electron chi connectivity index (χ3n) is 2.66. The Hall–Kier alpha value is -2.04. The van der Waals surface area contributed by atoms with E-state index in [1.165, 1.54) is 0 Å². The van der Waals surface area contributed by atoms with Gasteiger partial charge in [-0.15, -0.1) is 5.10 Å². The predicted octanol–water partition coefficient (Wildman–Crippen LogP) is 1.59. The number of aryl methyl sites for hydroxylation is 2. The lowest BCUT2D eigenvalue weighted by atomic mass is 10.1. The highest BCUT2D eigenvalue weighted by molar-refractivity contribution is 5.56. The maximum absolute atomic E-state index is 5.85. The van der Waals surface area contributed by atoms with Crippen molar-refractivity contribution in [3.8, 4) is 5.75 Å². The van der Waals surface area contributed by atoms with Crippen LogP contribution in [-0.4, -0.2) is 15.0 Å². The van der Waals surface area contributed by atoms with Crippen LogP contribution < -0.4 is 10.5 Å². The predicted molar refractivity (Wildman–Crippen MR) is 65.7 cm³/mol. The Morgan fingerprint density at radius 2 is 2.12 bits per heavy atom. The summed E-state index contributed by atoms with van der Waals surface area (Å²) >= 11 is 0. The summed E-state index contributed by atoms with van der Waals surface area (Å²) in [6, 6.07) is 3.84. The van der Waals surface area contributed by atoms with Crippen LogP contribution >= 0.6 is 0 Å². The molecule has 0 aliphatic heterocycles. The lowest BCUT2D eigenvalue weighted by Crippen LogP contribution is -2.01. The zero-order valence-electron chi connectivity index (χ0n) is 10.3. The number of benzene rings is 1. The van der Waals surface area contributed by atoms with E-state index in [0.717, 1.165) is 28.3 Å². The summed E-state index contributed by atoms with van der Waals surface area (Å²) in [5.41, 5.74) is 9.43. The van der Waals surface area contributed by atoms with Crippen molar-refractivity contribution >= 4 is 5.69 Å². The molecule has 0 saturated heterocycles. The quantitative estimate of drug-likeness (QED) is 0.816. The SMILES string of the molecule is Cc1ccc(N)c(C)c1OCc1cn(C)nn1. The molecule has 0 unspecified atom stereocenters. The van der Waals surface area contributed by atoms with E-state index in [-0.39, 0.29) is 0 Å². The Labute approximate surface area is 100 Å². The van der Waals surface area contributed by atoms with Gasteiger partial charge in [-0.05, 0) is 25.5 Å². The summed E-state index contributed by atoms with van der Waals surface area (Å²) in [6.45, 7) is 4.35. The highest BCUT2D eigenvalue weighted by Crippen LogP contribution is 2.28. The number of hydrogen-bond acceptors (Lipinski definition) is 4. The van der Waals surface area contributed by atoms with Crippen molar-refractivity contribution in [1.82, 2.24) is 15.0 Å². The molecule has 2 rings (SSSR count). The van der Waals surface area contributed by atoms with Crippen molar-refractivity contribution in [3.63, 3.8) is 0 Å². The topological polar surface area (TPSA) is 66.0 Å². The molecule has 0 aliphatic carbocycles. The molecule has 2 N–H and O–H groups in total. The van der Waals surface area contributed by atoms with Gasteiger partial charge in [-0.2, -0.15) is 0 Å². The number of rotatable bonds is 3. The molecule has 5 heteroatoms. The lowest BCUT2D eigenvalue weighted by Gasteiger charge is -2.12. The largest absolute Gasteiger partial charge is 0.487 e. The number of aromatic nitrogens is 3. The summed E-state index contributed by atoms with van der Waals surface area (Å²) in [6.07, 6.45) is 1.83. The minimum atomic E-state index is 0.402. The van der Waals surface area contributed by atoms with E-state index in [0.29, 0.717) is 6.61 Å². The van der Waals surface area contributed by atoms with E-state index in [4.69, 9.17) is 10.5 Å². The van der Waals surface area contributed by atoms with Gasteiger partial charge in [0.15, 0.2) is 0 Å². The van der Waals surface area contributed by atoms with Gasteiger partial charge in [-0.3, -0.25) is 4.68 Å². The second-order valence-electron chi connectivity index (χ2n) is 4.10. The first kappa shape index (κ1) is 11.4. The Kier molecular flexibility index (Phi) is 2.99. The highest BCUT2D eigenvalue weighted by atomic mass is 16.5. The number of ether oxygens (including phenoxy) is 1. The molecule has 1 aromatic carbocycles. The van der Waals surface area contributed by atoms with Crippen LogP contribution in [0, 0.1) is 13.8 Å². The van der Waals surface area contributed by atoms with Crippen molar-refractivity contribution < 1.29 is 4.74 Å². The van der Waals surface area contributed by atoms with Crippen molar-refractivity contribution in [2.45, 2.75) is 20.5 Å². The number of anilines is 1. The summed E-state index contributed by atoms with van der Waals surface area (Å²) < 4.78 is 7.40. The Morgan fingerprint density at radius 3 is 2.76 bits per heavy atom. The van der Waals surface area contributed by atoms with Gasteiger partial charge in [-0.25, -0.2) is 0 Å². The first-order valence-electron chi connectivity index (χ1n) is 5.41. The molecule has 1 heterocycles. The minimum Gasteiger partial charge on any atom is -0.487 e. The maximum Gasteiger partial charge on any atom is 0.134 e. The van der Waals surface area contributed by atoms with Crippen molar-refractivity contribution in [1.29, 1.82) is 0 Å². The van der Waals surface area contributed by atoms with Crippen LogP contribution in [0.25, 0.3) is 0 Å². The van der Waals surface area contributed by atoms with Crippen LogP contribution in [0.3, 0.4) is 0 Å². The molecular weight excluding hydrogens is 216 g/mol. The van der Waals surface area contributed by atoms with Gasteiger partial charge in [0.1, 0.15) is 18.1 Å². The lowest BCUT2D eigenvalue weighted by molar-refractivity contribution is 0.297. The average Bonchev–Trinajstić information content (AvgIpc) is 2.70. The van der Waals surface area contributed by atoms with Gasteiger partial charge in [0.2, 0.25) is 0 Å². The molecule has 1 aromatic heterocycles. The van der Waals surface area contributed by atoms with Crippen molar-refractivity contribution in [2.75, 3.05) is 5.73 Å².